The number of aliphatic carboxylic acids is 1. The van der Waals surface area contributed by atoms with E-state index >= 15 is 0 Å². The molecule has 1 fully saturated rings. The first kappa shape index (κ1) is 13.9. The summed E-state index contributed by atoms with van der Waals surface area (Å²) in [6.07, 6.45) is 1.75. The van der Waals surface area contributed by atoms with Crippen LogP contribution in [0.3, 0.4) is 0 Å². The molecule has 19 heavy (non-hydrogen) atoms. The molecule has 2 rings (SSSR count). The average molecular weight is 263 g/mol. The van der Waals surface area contributed by atoms with Crippen LogP contribution in [0.25, 0.3) is 0 Å². The van der Waals surface area contributed by atoms with Gasteiger partial charge in [-0.1, -0.05) is 12.1 Å². The highest BCUT2D eigenvalue weighted by molar-refractivity contribution is 5.79. The van der Waals surface area contributed by atoms with Crippen LogP contribution in [0.4, 0.5) is 0 Å². The average Bonchev–Trinajstić information content (AvgIpc) is 3.18. The summed E-state index contributed by atoms with van der Waals surface area (Å²) in [5.74, 6) is -0.176. The number of carboxylic acids is 1. The smallest absolute Gasteiger partial charge is 0.327 e. The van der Waals surface area contributed by atoms with E-state index in [2.05, 4.69) is 0 Å². The van der Waals surface area contributed by atoms with Crippen molar-refractivity contribution in [2.24, 2.45) is 11.7 Å². The van der Waals surface area contributed by atoms with Crippen LogP contribution in [0.15, 0.2) is 12.1 Å². The second-order valence-electron chi connectivity index (χ2n) is 5.56. The number of carbonyl (C=O) groups is 1. The first-order chi connectivity index (χ1) is 8.86. The number of aryl methyl sites for hydroxylation is 2. The molecule has 0 saturated heterocycles. The first-order valence-electron chi connectivity index (χ1n) is 6.58. The molecule has 104 valence electrons. The molecule has 1 unspecified atom stereocenters. The quantitative estimate of drug-likeness (QED) is 0.854. The fraction of sp³-hybridized carbons (Fsp3) is 0.533. The van der Waals surface area contributed by atoms with E-state index in [9.17, 15) is 9.90 Å². The van der Waals surface area contributed by atoms with Gasteiger partial charge in [-0.05, 0) is 56.2 Å². The lowest BCUT2D eigenvalue weighted by atomic mass is 9.96. The molecular formula is C15H21NO3. The molecule has 1 atom stereocenters. The fourth-order valence-electron chi connectivity index (χ4n) is 2.29. The van der Waals surface area contributed by atoms with Crippen LogP contribution in [0.5, 0.6) is 5.75 Å². The maximum atomic E-state index is 11.4. The van der Waals surface area contributed by atoms with Gasteiger partial charge in [0.05, 0.1) is 0 Å². The number of carboxylic acid groups (broad SMARTS) is 1. The van der Waals surface area contributed by atoms with Gasteiger partial charge >= 0.3 is 5.97 Å². The van der Waals surface area contributed by atoms with Crippen LogP contribution in [0, 0.1) is 26.7 Å². The van der Waals surface area contributed by atoms with Gasteiger partial charge in [0.25, 0.3) is 0 Å². The Balaban J connectivity index is 2.18. The number of benzene rings is 1. The summed E-state index contributed by atoms with van der Waals surface area (Å²) in [4.78, 5) is 11.4. The number of hydrogen-bond donors (Lipinski definition) is 2. The lowest BCUT2D eigenvalue weighted by Crippen LogP contribution is -2.54. The van der Waals surface area contributed by atoms with E-state index in [0.29, 0.717) is 0 Å². The molecule has 1 aromatic carbocycles. The Kier molecular flexibility index (Phi) is 3.54. The van der Waals surface area contributed by atoms with Crippen molar-refractivity contribution in [3.8, 4) is 5.75 Å². The third kappa shape index (κ3) is 2.59. The molecule has 0 amide bonds. The minimum Gasteiger partial charge on any atom is -0.490 e. The zero-order valence-corrected chi connectivity index (χ0v) is 11.7. The summed E-state index contributed by atoms with van der Waals surface area (Å²) in [6, 6.07) is 4.01. The van der Waals surface area contributed by atoms with Gasteiger partial charge in [0.2, 0.25) is 0 Å². The van der Waals surface area contributed by atoms with Gasteiger partial charge in [0.15, 0.2) is 5.54 Å². The lowest BCUT2D eigenvalue weighted by molar-refractivity contribution is -0.145. The molecule has 0 spiro atoms. The summed E-state index contributed by atoms with van der Waals surface area (Å²) in [7, 11) is 0. The summed E-state index contributed by atoms with van der Waals surface area (Å²) in [6.45, 7) is 5.97. The van der Waals surface area contributed by atoms with Gasteiger partial charge in [0, 0.05) is 0 Å². The van der Waals surface area contributed by atoms with E-state index in [1.165, 1.54) is 0 Å². The minimum absolute atomic E-state index is 0.0259. The Labute approximate surface area is 113 Å². The number of hydrogen-bond acceptors (Lipinski definition) is 3. The van der Waals surface area contributed by atoms with Crippen LogP contribution in [-0.4, -0.2) is 23.2 Å². The Morgan fingerprint density at radius 2 is 1.95 bits per heavy atom. The third-order valence-electron chi connectivity index (χ3n) is 4.03. The first-order valence-corrected chi connectivity index (χ1v) is 6.58. The molecule has 0 radical (unpaired) electrons. The van der Waals surface area contributed by atoms with Crippen LogP contribution in [-0.2, 0) is 4.79 Å². The normalized spacial score (nSPS) is 17.9. The van der Waals surface area contributed by atoms with Crippen molar-refractivity contribution in [3.63, 3.8) is 0 Å². The van der Waals surface area contributed by atoms with Crippen LogP contribution in [0.1, 0.15) is 29.5 Å². The fourth-order valence-corrected chi connectivity index (χ4v) is 2.29. The maximum Gasteiger partial charge on any atom is 0.327 e. The van der Waals surface area contributed by atoms with E-state index < -0.39 is 11.5 Å². The molecule has 0 bridgehead atoms. The van der Waals surface area contributed by atoms with E-state index in [1.54, 1.807) is 0 Å². The predicted molar refractivity (Wildman–Crippen MR) is 73.4 cm³/mol. The molecule has 1 aliphatic carbocycles. The monoisotopic (exact) mass is 263 g/mol. The van der Waals surface area contributed by atoms with Gasteiger partial charge in [-0.15, -0.1) is 0 Å². The SMILES string of the molecule is Cc1ccc(C)c(OCC(N)(C(=O)O)C2CC2)c1C. The zero-order valence-electron chi connectivity index (χ0n) is 11.7. The molecule has 1 saturated carbocycles. The molecular weight excluding hydrogens is 242 g/mol. The van der Waals surface area contributed by atoms with E-state index in [4.69, 9.17) is 10.5 Å². The number of rotatable bonds is 5. The number of nitrogens with two attached hydrogens (primary N) is 1. The summed E-state index contributed by atoms with van der Waals surface area (Å²) in [5.41, 5.74) is 7.93. The molecule has 1 aromatic rings. The molecule has 0 aliphatic heterocycles. The zero-order chi connectivity index (χ0) is 14.2. The Hall–Kier alpha value is -1.55. The van der Waals surface area contributed by atoms with Crippen LogP contribution in [0.2, 0.25) is 0 Å². The Morgan fingerprint density at radius 3 is 2.47 bits per heavy atom. The molecule has 3 N–H and O–H groups in total. The van der Waals surface area contributed by atoms with Crippen molar-refractivity contribution < 1.29 is 14.6 Å². The van der Waals surface area contributed by atoms with Crippen molar-refractivity contribution >= 4 is 5.97 Å². The van der Waals surface area contributed by atoms with Crippen molar-refractivity contribution in [2.45, 2.75) is 39.2 Å². The summed E-state index contributed by atoms with van der Waals surface area (Å²) >= 11 is 0. The second-order valence-corrected chi connectivity index (χ2v) is 5.56. The highest BCUT2D eigenvalue weighted by Gasteiger charge is 2.49. The third-order valence-corrected chi connectivity index (χ3v) is 4.03. The van der Waals surface area contributed by atoms with Crippen LogP contribution < -0.4 is 10.5 Å². The highest BCUT2D eigenvalue weighted by Crippen LogP contribution is 2.39. The van der Waals surface area contributed by atoms with Gasteiger partial charge in [-0.25, -0.2) is 0 Å². The molecule has 1 aliphatic rings. The Morgan fingerprint density at radius 1 is 1.37 bits per heavy atom. The lowest BCUT2D eigenvalue weighted by Gasteiger charge is -2.26. The van der Waals surface area contributed by atoms with Crippen molar-refractivity contribution in [3.05, 3.63) is 28.8 Å². The van der Waals surface area contributed by atoms with Crippen LogP contribution >= 0.6 is 0 Å². The van der Waals surface area contributed by atoms with Crippen molar-refractivity contribution in [2.75, 3.05) is 6.61 Å². The summed E-state index contributed by atoms with van der Waals surface area (Å²) < 4.78 is 5.77. The molecule has 4 nitrogen and oxygen atoms in total. The Bertz CT molecular complexity index is 508. The van der Waals surface area contributed by atoms with E-state index in [-0.39, 0.29) is 12.5 Å². The van der Waals surface area contributed by atoms with E-state index in [1.807, 2.05) is 32.9 Å². The maximum absolute atomic E-state index is 11.4. The van der Waals surface area contributed by atoms with Gasteiger partial charge in [-0.3, -0.25) is 4.79 Å². The van der Waals surface area contributed by atoms with Gasteiger partial charge in [-0.2, -0.15) is 0 Å². The number of ether oxygens (including phenoxy) is 1. The van der Waals surface area contributed by atoms with Crippen molar-refractivity contribution in [1.82, 2.24) is 0 Å². The topological polar surface area (TPSA) is 72.5 Å². The van der Waals surface area contributed by atoms with Gasteiger partial charge < -0.3 is 15.6 Å². The standard InChI is InChI=1S/C15H21NO3/c1-9-4-5-10(2)13(11(9)3)19-8-15(16,14(17)18)12-6-7-12/h4-5,12H,6-8,16H2,1-3H3,(H,17,18). The minimum atomic E-state index is -1.26. The highest BCUT2D eigenvalue weighted by atomic mass is 16.5. The molecule has 4 heteroatoms. The molecule has 0 heterocycles. The van der Waals surface area contributed by atoms with Crippen molar-refractivity contribution in [1.29, 1.82) is 0 Å². The molecule has 0 aromatic heterocycles. The predicted octanol–water partition coefficient (Wildman–Crippen LogP) is 2.18. The van der Waals surface area contributed by atoms with Gasteiger partial charge in [0.1, 0.15) is 12.4 Å². The second kappa shape index (κ2) is 4.85. The largest absolute Gasteiger partial charge is 0.490 e. The summed E-state index contributed by atoms with van der Waals surface area (Å²) in [5, 5.41) is 9.31. The van der Waals surface area contributed by atoms with E-state index in [0.717, 1.165) is 35.3 Å².